The van der Waals surface area contributed by atoms with Crippen LogP contribution in [0.1, 0.15) is 33.1 Å². The summed E-state index contributed by atoms with van der Waals surface area (Å²) < 4.78 is 5.35. The van der Waals surface area contributed by atoms with E-state index in [1.165, 1.54) is 0 Å². The molecule has 19 heavy (non-hydrogen) atoms. The van der Waals surface area contributed by atoms with Gasteiger partial charge in [-0.25, -0.2) is 0 Å². The average Bonchev–Trinajstić information content (AvgIpc) is 2.61. The molecule has 0 aromatic heterocycles. The van der Waals surface area contributed by atoms with Crippen LogP contribution in [0, 0.1) is 11.8 Å². The Balaban J connectivity index is 2.30. The van der Waals surface area contributed by atoms with Crippen LogP contribution in [0.3, 0.4) is 0 Å². The molecule has 1 aliphatic heterocycles. The third-order valence-corrected chi connectivity index (χ3v) is 4.19. The third-order valence-electron chi connectivity index (χ3n) is 4.19. The molecule has 0 radical (unpaired) electrons. The van der Waals surface area contributed by atoms with Crippen LogP contribution in [0.15, 0.2) is 23.8 Å². The van der Waals surface area contributed by atoms with Crippen molar-refractivity contribution in [2.24, 2.45) is 11.8 Å². The van der Waals surface area contributed by atoms with Crippen molar-refractivity contribution >= 4 is 11.8 Å². The number of Topliss-reactive ketones (excluding diaryl/α,β-unsaturated/α-hetero) is 1. The van der Waals surface area contributed by atoms with Crippen LogP contribution in [0.25, 0.3) is 0 Å². The monoisotopic (exact) mass is 264 g/mol. The molecule has 0 bridgehead atoms. The summed E-state index contributed by atoms with van der Waals surface area (Å²) in [5.74, 6) is -0.424. The lowest BCUT2D eigenvalue weighted by molar-refractivity contribution is -0.142. The molecule has 0 saturated carbocycles. The highest BCUT2D eigenvalue weighted by atomic mass is 16.6. The summed E-state index contributed by atoms with van der Waals surface area (Å²) in [6.45, 7) is 7.39. The SMILES string of the molecule is C=C1CC[C@H]2[C@H](C)C(=O)O[C@@H]2/C=C(/C)[C@@H](O)CC1=O. The van der Waals surface area contributed by atoms with Gasteiger partial charge in [0.1, 0.15) is 6.10 Å². The molecule has 1 N–H and O–H groups in total. The van der Waals surface area contributed by atoms with Crippen LogP contribution in [0.5, 0.6) is 0 Å². The zero-order valence-electron chi connectivity index (χ0n) is 11.4. The first-order chi connectivity index (χ1) is 8.90. The third kappa shape index (κ3) is 2.78. The van der Waals surface area contributed by atoms with E-state index in [0.29, 0.717) is 24.0 Å². The Labute approximate surface area is 113 Å². The molecule has 0 spiro atoms. The lowest BCUT2D eigenvalue weighted by Gasteiger charge is -2.21. The number of esters is 1. The topological polar surface area (TPSA) is 63.6 Å². The summed E-state index contributed by atoms with van der Waals surface area (Å²) in [5.41, 5.74) is 1.21. The fourth-order valence-electron chi connectivity index (χ4n) is 2.69. The number of carbonyl (C=O) groups excluding carboxylic acids is 2. The van der Waals surface area contributed by atoms with Crippen molar-refractivity contribution in [3.63, 3.8) is 0 Å². The maximum atomic E-state index is 11.8. The number of hydrogen-bond acceptors (Lipinski definition) is 4. The largest absolute Gasteiger partial charge is 0.458 e. The van der Waals surface area contributed by atoms with E-state index in [1.807, 2.05) is 6.92 Å². The van der Waals surface area contributed by atoms with Crippen LogP contribution in [0.2, 0.25) is 0 Å². The van der Waals surface area contributed by atoms with Crippen LogP contribution in [-0.4, -0.2) is 29.1 Å². The number of aliphatic hydroxyl groups excluding tert-OH is 1. The molecule has 1 aliphatic carbocycles. The predicted octanol–water partition coefficient (Wildman–Crippen LogP) is 1.78. The van der Waals surface area contributed by atoms with Gasteiger partial charge < -0.3 is 9.84 Å². The number of ether oxygens (including phenoxy) is 1. The van der Waals surface area contributed by atoms with Gasteiger partial charge in [-0.3, -0.25) is 9.59 Å². The molecule has 104 valence electrons. The lowest BCUT2D eigenvalue weighted by atomic mass is 9.83. The van der Waals surface area contributed by atoms with Crippen LogP contribution >= 0.6 is 0 Å². The Morgan fingerprint density at radius 1 is 1.42 bits per heavy atom. The zero-order valence-corrected chi connectivity index (χ0v) is 11.4. The zero-order chi connectivity index (χ0) is 14.2. The molecule has 1 fully saturated rings. The first kappa shape index (κ1) is 14.0. The molecule has 4 nitrogen and oxygen atoms in total. The van der Waals surface area contributed by atoms with Gasteiger partial charge in [0.15, 0.2) is 5.78 Å². The van der Waals surface area contributed by atoms with E-state index < -0.39 is 6.10 Å². The fraction of sp³-hybridized carbons (Fsp3) is 0.600. The summed E-state index contributed by atoms with van der Waals surface area (Å²) in [4.78, 5) is 23.5. The molecule has 4 heteroatoms. The molecular formula is C15H20O4. The number of hydrogen-bond donors (Lipinski definition) is 1. The van der Waals surface area contributed by atoms with Crippen molar-refractivity contribution in [1.29, 1.82) is 0 Å². The molecule has 0 aromatic carbocycles. The predicted molar refractivity (Wildman–Crippen MR) is 70.3 cm³/mol. The molecule has 1 saturated heterocycles. The smallest absolute Gasteiger partial charge is 0.309 e. The van der Waals surface area contributed by atoms with Gasteiger partial charge in [0.05, 0.1) is 12.0 Å². The number of aliphatic hydroxyl groups is 1. The number of allylic oxidation sites excluding steroid dienone is 1. The average molecular weight is 264 g/mol. The maximum absolute atomic E-state index is 11.8. The maximum Gasteiger partial charge on any atom is 0.309 e. The van der Waals surface area contributed by atoms with Crippen molar-refractivity contribution in [1.82, 2.24) is 0 Å². The van der Waals surface area contributed by atoms with Gasteiger partial charge in [0, 0.05) is 12.3 Å². The standard InChI is InChI=1S/C15H20O4/c1-8-4-5-11-10(3)15(18)19-14(11)6-9(2)13(17)7-12(8)16/h6,10-11,13-14,17H,1,4-5,7H2,2-3H3/b9-6-/t10-,11-,13-,14+/m0/s1. The Morgan fingerprint density at radius 2 is 2.11 bits per heavy atom. The molecular weight excluding hydrogens is 244 g/mol. The van der Waals surface area contributed by atoms with Crippen molar-refractivity contribution in [2.45, 2.75) is 45.3 Å². The highest BCUT2D eigenvalue weighted by Gasteiger charge is 2.41. The van der Waals surface area contributed by atoms with E-state index in [2.05, 4.69) is 6.58 Å². The summed E-state index contributed by atoms with van der Waals surface area (Å²) >= 11 is 0. The van der Waals surface area contributed by atoms with Gasteiger partial charge in [0.2, 0.25) is 0 Å². The van der Waals surface area contributed by atoms with E-state index >= 15 is 0 Å². The van der Waals surface area contributed by atoms with Gasteiger partial charge >= 0.3 is 5.97 Å². The van der Waals surface area contributed by atoms with Crippen molar-refractivity contribution < 1.29 is 19.4 Å². The minimum Gasteiger partial charge on any atom is -0.458 e. The number of fused-ring (bicyclic) bond motifs is 1. The van der Waals surface area contributed by atoms with Crippen molar-refractivity contribution in [3.8, 4) is 0 Å². The first-order valence-electron chi connectivity index (χ1n) is 6.68. The molecule has 4 atom stereocenters. The minimum absolute atomic E-state index is 0.0531. The van der Waals surface area contributed by atoms with E-state index in [9.17, 15) is 14.7 Å². The van der Waals surface area contributed by atoms with Gasteiger partial charge in [-0.15, -0.1) is 0 Å². The van der Waals surface area contributed by atoms with Crippen LogP contribution in [0.4, 0.5) is 0 Å². The fourth-order valence-corrected chi connectivity index (χ4v) is 2.69. The minimum atomic E-state index is -0.822. The van der Waals surface area contributed by atoms with E-state index in [4.69, 9.17) is 4.74 Å². The number of rotatable bonds is 0. The van der Waals surface area contributed by atoms with Crippen molar-refractivity contribution in [2.75, 3.05) is 0 Å². The molecule has 2 aliphatic rings. The summed E-state index contributed by atoms with van der Waals surface area (Å²) in [6.07, 6.45) is 2.00. The van der Waals surface area contributed by atoms with Gasteiger partial charge in [0.25, 0.3) is 0 Å². The second-order valence-corrected chi connectivity index (χ2v) is 5.55. The number of ketones is 1. The molecule has 0 unspecified atom stereocenters. The Morgan fingerprint density at radius 3 is 2.79 bits per heavy atom. The highest BCUT2D eigenvalue weighted by Crippen LogP contribution is 2.35. The van der Waals surface area contributed by atoms with Gasteiger partial charge in [-0.2, -0.15) is 0 Å². The molecule has 0 aromatic rings. The Kier molecular flexibility index (Phi) is 3.90. The second kappa shape index (κ2) is 5.29. The summed E-state index contributed by atoms with van der Waals surface area (Å²) in [6, 6.07) is 0. The first-order valence-corrected chi connectivity index (χ1v) is 6.68. The summed E-state index contributed by atoms with van der Waals surface area (Å²) in [5, 5.41) is 9.97. The van der Waals surface area contributed by atoms with Crippen LogP contribution in [-0.2, 0) is 14.3 Å². The molecule has 2 rings (SSSR count). The van der Waals surface area contributed by atoms with Gasteiger partial charge in [-0.1, -0.05) is 13.5 Å². The van der Waals surface area contributed by atoms with E-state index in [1.54, 1.807) is 13.0 Å². The van der Waals surface area contributed by atoms with E-state index in [0.717, 1.165) is 0 Å². The number of carbonyl (C=O) groups is 2. The lowest BCUT2D eigenvalue weighted by Crippen LogP contribution is -2.24. The Hall–Kier alpha value is -1.42. The van der Waals surface area contributed by atoms with E-state index in [-0.39, 0.29) is 36.1 Å². The second-order valence-electron chi connectivity index (χ2n) is 5.55. The molecule has 0 amide bonds. The highest BCUT2D eigenvalue weighted by molar-refractivity contribution is 5.95. The normalized spacial score (nSPS) is 39.3. The summed E-state index contributed by atoms with van der Waals surface area (Å²) in [7, 11) is 0. The quantitative estimate of drug-likeness (QED) is 0.411. The Bertz CT molecular complexity index is 449. The van der Waals surface area contributed by atoms with Crippen molar-refractivity contribution in [3.05, 3.63) is 23.8 Å². The van der Waals surface area contributed by atoms with Gasteiger partial charge in [-0.05, 0) is 37.0 Å². The van der Waals surface area contributed by atoms with Crippen LogP contribution < -0.4 is 0 Å². The molecule has 1 heterocycles.